The molecule has 0 atom stereocenters. The molecule has 0 fully saturated rings. The molecule has 0 spiro atoms. The zero-order valence-corrected chi connectivity index (χ0v) is 20.5. The summed E-state index contributed by atoms with van der Waals surface area (Å²) < 4.78 is 12.0. The molecule has 0 bridgehead atoms. The molecule has 3 aromatic rings. The normalized spacial score (nSPS) is 10.9. The first-order valence-electron chi connectivity index (χ1n) is 10.2. The molecule has 0 aromatic heterocycles. The third-order valence-corrected chi connectivity index (χ3v) is 5.86. The number of halogens is 2. The topological polar surface area (TPSA) is 71.4 Å². The van der Waals surface area contributed by atoms with Crippen LogP contribution in [0.3, 0.4) is 0 Å². The van der Waals surface area contributed by atoms with E-state index in [2.05, 4.69) is 21.2 Å². The molecule has 1 amide bonds. The molecule has 0 radical (unpaired) electrons. The number of benzene rings is 3. The van der Waals surface area contributed by atoms with E-state index in [0.717, 1.165) is 17.5 Å². The van der Waals surface area contributed by atoms with Crippen LogP contribution >= 0.6 is 27.5 Å². The Balaban J connectivity index is 1.84. The Morgan fingerprint density at radius 2 is 1.85 bits per heavy atom. The molecular weight excluding hydrogens is 504 g/mol. The second-order valence-corrected chi connectivity index (χ2v) is 8.31. The van der Waals surface area contributed by atoms with Crippen LogP contribution < -0.4 is 14.8 Å². The summed E-state index contributed by atoms with van der Waals surface area (Å²) in [5.74, 6) is 0.471. The van der Waals surface area contributed by atoms with Gasteiger partial charge in [-0.2, -0.15) is 5.26 Å². The number of anilines is 1. The van der Waals surface area contributed by atoms with Crippen molar-refractivity contribution in [3.8, 4) is 17.6 Å². The molecular formula is C26H22BrClN2O3. The van der Waals surface area contributed by atoms with Crippen LogP contribution in [0.25, 0.3) is 6.08 Å². The van der Waals surface area contributed by atoms with E-state index >= 15 is 0 Å². The smallest absolute Gasteiger partial charge is 0.266 e. The zero-order chi connectivity index (χ0) is 23.8. The highest BCUT2D eigenvalue weighted by Gasteiger charge is 2.15. The lowest BCUT2D eigenvalue weighted by atomic mass is 10.1. The van der Waals surface area contributed by atoms with E-state index in [1.165, 1.54) is 13.2 Å². The molecule has 7 heteroatoms. The van der Waals surface area contributed by atoms with Crippen molar-refractivity contribution in [3.63, 3.8) is 0 Å². The van der Waals surface area contributed by atoms with E-state index in [4.69, 9.17) is 21.1 Å². The summed E-state index contributed by atoms with van der Waals surface area (Å²) >= 11 is 9.71. The van der Waals surface area contributed by atoms with E-state index in [9.17, 15) is 10.1 Å². The van der Waals surface area contributed by atoms with Gasteiger partial charge in [0.05, 0.1) is 11.6 Å². The van der Waals surface area contributed by atoms with E-state index in [0.29, 0.717) is 32.2 Å². The Bertz CT molecular complexity index is 1230. The fourth-order valence-electron chi connectivity index (χ4n) is 3.18. The number of carbonyl (C=O) groups is 1. The van der Waals surface area contributed by atoms with Crippen molar-refractivity contribution in [3.05, 3.63) is 92.4 Å². The summed E-state index contributed by atoms with van der Waals surface area (Å²) in [6, 6.07) is 20.4. The number of aryl methyl sites for hydroxylation is 1. The van der Waals surface area contributed by atoms with Crippen LogP contribution in [0.4, 0.5) is 5.69 Å². The lowest BCUT2D eigenvalue weighted by Crippen LogP contribution is -2.14. The Kier molecular flexibility index (Phi) is 8.53. The number of carbonyl (C=O) groups excluding carboxylic acids is 1. The van der Waals surface area contributed by atoms with Gasteiger partial charge in [0.15, 0.2) is 11.5 Å². The van der Waals surface area contributed by atoms with Gasteiger partial charge in [0.1, 0.15) is 18.2 Å². The lowest BCUT2D eigenvalue weighted by molar-refractivity contribution is -0.112. The molecule has 33 heavy (non-hydrogen) atoms. The average molecular weight is 526 g/mol. The van der Waals surface area contributed by atoms with Crippen molar-refractivity contribution in [2.75, 3.05) is 12.4 Å². The van der Waals surface area contributed by atoms with Gasteiger partial charge in [-0.05, 0) is 63.8 Å². The van der Waals surface area contributed by atoms with Crippen LogP contribution in [0.15, 0.2) is 70.7 Å². The molecule has 0 heterocycles. The van der Waals surface area contributed by atoms with Crippen molar-refractivity contribution in [2.45, 2.75) is 20.0 Å². The summed E-state index contributed by atoms with van der Waals surface area (Å²) in [5.41, 5.74) is 3.10. The molecule has 3 aromatic carbocycles. The van der Waals surface area contributed by atoms with E-state index in [1.54, 1.807) is 18.2 Å². The maximum absolute atomic E-state index is 12.7. The van der Waals surface area contributed by atoms with Gasteiger partial charge in [-0.25, -0.2) is 0 Å². The molecule has 0 aliphatic rings. The van der Waals surface area contributed by atoms with Crippen molar-refractivity contribution in [1.82, 2.24) is 0 Å². The number of hydrogen-bond acceptors (Lipinski definition) is 4. The minimum absolute atomic E-state index is 0.0282. The highest BCUT2D eigenvalue weighted by molar-refractivity contribution is 9.10. The first-order chi connectivity index (χ1) is 16.0. The SMILES string of the molecule is CCc1ccccc1NC(=O)/C(C#N)=C/c1cc(Br)c(OCc2ccccc2Cl)c(OC)c1. The molecule has 0 saturated heterocycles. The Morgan fingerprint density at radius 1 is 1.15 bits per heavy atom. The van der Waals surface area contributed by atoms with Gasteiger partial charge in [-0.3, -0.25) is 4.79 Å². The van der Waals surface area contributed by atoms with Gasteiger partial charge in [-0.1, -0.05) is 54.9 Å². The zero-order valence-electron chi connectivity index (χ0n) is 18.2. The Labute approximate surface area is 206 Å². The third kappa shape index (κ3) is 6.16. The third-order valence-electron chi connectivity index (χ3n) is 4.90. The van der Waals surface area contributed by atoms with Crippen LogP contribution in [-0.4, -0.2) is 13.0 Å². The van der Waals surface area contributed by atoms with Gasteiger partial charge in [0.25, 0.3) is 5.91 Å². The first kappa shape index (κ1) is 24.4. The summed E-state index contributed by atoms with van der Waals surface area (Å²) in [6.45, 7) is 2.26. The first-order valence-corrected chi connectivity index (χ1v) is 11.4. The largest absolute Gasteiger partial charge is 0.493 e. The maximum Gasteiger partial charge on any atom is 0.266 e. The summed E-state index contributed by atoms with van der Waals surface area (Å²) in [5, 5.41) is 13.0. The predicted octanol–water partition coefficient (Wildman–Crippen LogP) is 6.80. The Hall–Kier alpha value is -3.27. The summed E-state index contributed by atoms with van der Waals surface area (Å²) in [6.07, 6.45) is 2.27. The second kappa shape index (κ2) is 11.6. The van der Waals surface area contributed by atoms with E-state index in [-0.39, 0.29) is 12.2 Å². The van der Waals surface area contributed by atoms with Crippen LogP contribution in [0.2, 0.25) is 5.02 Å². The number of para-hydroxylation sites is 1. The number of ether oxygens (including phenoxy) is 2. The number of rotatable bonds is 8. The molecule has 5 nitrogen and oxygen atoms in total. The van der Waals surface area contributed by atoms with Crippen LogP contribution in [0, 0.1) is 11.3 Å². The summed E-state index contributed by atoms with van der Waals surface area (Å²) in [4.78, 5) is 12.7. The number of methoxy groups -OCH3 is 1. The quantitative estimate of drug-likeness (QED) is 0.259. The van der Waals surface area contributed by atoms with Gasteiger partial charge in [-0.15, -0.1) is 0 Å². The van der Waals surface area contributed by atoms with Crippen LogP contribution in [0.5, 0.6) is 11.5 Å². The van der Waals surface area contributed by atoms with E-state index < -0.39 is 5.91 Å². The van der Waals surface area contributed by atoms with Gasteiger partial charge < -0.3 is 14.8 Å². The molecule has 3 rings (SSSR count). The maximum atomic E-state index is 12.7. The fourth-order valence-corrected chi connectivity index (χ4v) is 3.95. The van der Waals surface area contributed by atoms with Gasteiger partial charge >= 0.3 is 0 Å². The van der Waals surface area contributed by atoms with Crippen molar-refractivity contribution in [2.24, 2.45) is 0 Å². The number of amides is 1. The molecule has 0 unspecified atom stereocenters. The fraction of sp³-hybridized carbons (Fsp3) is 0.154. The minimum atomic E-state index is -0.479. The van der Waals surface area contributed by atoms with Gasteiger partial charge in [0.2, 0.25) is 0 Å². The highest BCUT2D eigenvalue weighted by atomic mass is 79.9. The van der Waals surface area contributed by atoms with E-state index in [1.807, 2.05) is 55.5 Å². The standard InChI is InChI=1S/C26H22BrClN2O3/c1-3-18-8-5-7-11-23(18)30-26(31)20(15-29)12-17-13-21(27)25(24(14-17)32-2)33-16-19-9-4-6-10-22(19)28/h4-14H,3,16H2,1-2H3,(H,30,31)/b20-12+. The minimum Gasteiger partial charge on any atom is -0.493 e. The molecule has 168 valence electrons. The van der Waals surface area contributed by atoms with Crippen molar-refractivity contribution < 1.29 is 14.3 Å². The van der Waals surface area contributed by atoms with Crippen molar-refractivity contribution in [1.29, 1.82) is 5.26 Å². The molecule has 0 aliphatic carbocycles. The van der Waals surface area contributed by atoms with Crippen LogP contribution in [-0.2, 0) is 17.8 Å². The number of nitriles is 1. The number of nitrogens with one attached hydrogen (secondary N) is 1. The molecule has 1 N–H and O–H groups in total. The second-order valence-electron chi connectivity index (χ2n) is 7.05. The predicted molar refractivity (Wildman–Crippen MR) is 135 cm³/mol. The van der Waals surface area contributed by atoms with Crippen molar-refractivity contribution >= 4 is 45.2 Å². The van der Waals surface area contributed by atoms with Crippen LogP contribution in [0.1, 0.15) is 23.6 Å². The number of nitrogens with zero attached hydrogens (tertiary/aromatic N) is 1. The Morgan fingerprint density at radius 3 is 2.52 bits per heavy atom. The summed E-state index contributed by atoms with van der Waals surface area (Å²) in [7, 11) is 1.53. The average Bonchev–Trinajstić information content (AvgIpc) is 2.82. The molecule has 0 aliphatic heterocycles. The number of hydrogen-bond donors (Lipinski definition) is 1. The van der Waals surface area contributed by atoms with Gasteiger partial charge in [0, 0.05) is 16.3 Å². The highest BCUT2D eigenvalue weighted by Crippen LogP contribution is 2.38. The monoisotopic (exact) mass is 524 g/mol. The molecule has 0 saturated carbocycles. The lowest BCUT2D eigenvalue weighted by Gasteiger charge is -2.14.